The fourth-order valence-electron chi connectivity index (χ4n) is 2.69. The Balaban J connectivity index is 2.51. The van der Waals surface area contributed by atoms with Crippen LogP contribution in [0.15, 0.2) is 0 Å². The largest absolute Gasteiger partial charge is 0.373 e. The number of hydroxylamine groups is 2. The van der Waals surface area contributed by atoms with Crippen molar-refractivity contribution in [3.63, 3.8) is 0 Å². The van der Waals surface area contributed by atoms with Gasteiger partial charge in [-0.2, -0.15) is 0 Å². The van der Waals surface area contributed by atoms with Gasteiger partial charge in [-0.25, -0.2) is 4.79 Å². The number of ether oxygens (including phenoxy) is 2. The lowest BCUT2D eigenvalue weighted by molar-refractivity contribution is -0.201. The van der Waals surface area contributed by atoms with E-state index in [0.717, 1.165) is 0 Å². The lowest BCUT2D eigenvalue weighted by Gasteiger charge is -2.33. The van der Waals surface area contributed by atoms with E-state index < -0.39 is 34.5 Å². The highest BCUT2D eigenvalue weighted by atomic mass is 16.7. The van der Waals surface area contributed by atoms with E-state index in [1.807, 2.05) is 0 Å². The van der Waals surface area contributed by atoms with E-state index in [9.17, 15) is 19.2 Å². The lowest BCUT2D eigenvalue weighted by Crippen LogP contribution is -2.50. The van der Waals surface area contributed by atoms with Crippen LogP contribution in [0.1, 0.15) is 67.2 Å². The van der Waals surface area contributed by atoms with Crippen molar-refractivity contribution < 1.29 is 33.5 Å². The van der Waals surface area contributed by atoms with E-state index in [0.29, 0.717) is 5.06 Å². The Bertz CT molecular complexity index is 628. The van der Waals surface area contributed by atoms with E-state index in [1.54, 1.807) is 41.5 Å². The summed E-state index contributed by atoms with van der Waals surface area (Å²) < 4.78 is 11.1. The number of nitrogens with two attached hydrogens (primary N) is 1. The summed E-state index contributed by atoms with van der Waals surface area (Å²) in [6, 6.07) is 0. The number of hydrogen-bond donors (Lipinski definition) is 2. The highest BCUT2D eigenvalue weighted by molar-refractivity contribution is 6.01. The van der Waals surface area contributed by atoms with Crippen molar-refractivity contribution >= 4 is 23.7 Å². The summed E-state index contributed by atoms with van der Waals surface area (Å²) in [5.74, 6) is -2.04. The fraction of sp³-hybridized carbons (Fsp3) is 0.789. The van der Waals surface area contributed by atoms with Gasteiger partial charge in [0.15, 0.2) is 0 Å². The van der Waals surface area contributed by atoms with Crippen LogP contribution in [0.25, 0.3) is 0 Å². The van der Waals surface area contributed by atoms with Crippen molar-refractivity contribution in [2.75, 3.05) is 13.3 Å². The standard InChI is InChI=1S/C19H33N3O7/c1-17(2,21-13(23)9-18(3,4)28-12-20)11-27-19(5,6)10-16(26)29-22-14(24)7-8-15(22)25/h7-12,20H2,1-6H3,(H,21,23). The molecule has 1 rings (SSSR count). The summed E-state index contributed by atoms with van der Waals surface area (Å²) in [5, 5.41) is 3.38. The first-order chi connectivity index (χ1) is 13.2. The van der Waals surface area contributed by atoms with Crippen LogP contribution in [0.5, 0.6) is 0 Å². The van der Waals surface area contributed by atoms with Crippen molar-refractivity contribution in [2.24, 2.45) is 5.73 Å². The zero-order valence-electron chi connectivity index (χ0n) is 18.1. The Kier molecular flexibility index (Phi) is 8.31. The van der Waals surface area contributed by atoms with Gasteiger partial charge in [-0.05, 0) is 41.5 Å². The SMILES string of the molecule is CC(C)(COC(C)(C)CC(=O)ON1C(=O)CCC1=O)NC(=O)CC(C)(C)OCN. The molecule has 1 heterocycles. The third kappa shape index (κ3) is 8.88. The van der Waals surface area contributed by atoms with Crippen LogP contribution in [-0.4, -0.2) is 58.8 Å². The fourth-order valence-corrected chi connectivity index (χ4v) is 2.69. The predicted octanol–water partition coefficient (Wildman–Crippen LogP) is 0.775. The normalized spacial score (nSPS) is 15.6. The molecule has 3 N–H and O–H groups in total. The highest BCUT2D eigenvalue weighted by Gasteiger charge is 2.35. The van der Waals surface area contributed by atoms with Crippen LogP contribution in [0.2, 0.25) is 0 Å². The third-order valence-electron chi connectivity index (χ3n) is 4.13. The maximum absolute atomic E-state index is 12.3. The molecule has 0 aliphatic carbocycles. The summed E-state index contributed by atoms with van der Waals surface area (Å²) in [5.41, 5.74) is 3.03. The maximum Gasteiger partial charge on any atom is 0.336 e. The summed E-state index contributed by atoms with van der Waals surface area (Å²) >= 11 is 0. The Morgan fingerprint density at radius 2 is 1.48 bits per heavy atom. The predicted molar refractivity (Wildman–Crippen MR) is 103 cm³/mol. The summed E-state index contributed by atoms with van der Waals surface area (Å²) in [4.78, 5) is 52.3. The molecule has 0 aromatic carbocycles. The van der Waals surface area contributed by atoms with E-state index in [4.69, 9.17) is 20.0 Å². The van der Waals surface area contributed by atoms with E-state index in [1.165, 1.54) is 0 Å². The Labute approximate surface area is 171 Å². The molecule has 0 bridgehead atoms. The van der Waals surface area contributed by atoms with Crippen LogP contribution in [-0.2, 0) is 33.5 Å². The minimum Gasteiger partial charge on any atom is -0.373 e. The summed E-state index contributed by atoms with van der Waals surface area (Å²) in [6.45, 7) is 10.6. The van der Waals surface area contributed by atoms with E-state index in [-0.39, 0.29) is 44.9 Å². The second kappa shape index (κ2) is 9.64. The van der Waals surface area contributed by atoms with Gasteiger partial charge in [0, 0.05) is 12.8 Å². The molecule has 0 spiro atoms. The van der Waals surface area contributed by atoms with Gasteiger partial charge in [-0.15, -0.1) is 5.06 Å². The van der Waals surface area contributed by atoms with Crippen molar-refractivity contribution in [3.8, 4) is 0 Å². The van der Waals surface area contributed by atoms with Gasteiger partial charge in [0.25, 0.3) is 11.8 Å². The molecule has 1 aliphatic heterocycles. The molecule has 10 heteroatoms. The topological polar surface area (TPSA) is 137 Å². The molecule has 166 valence electrons. The van der Waals surface area contributed by atoms with Crippen LogP contribution in [0.4, 0.5) is 0 Å². The number of rotatable bonds is 11. The van der Waals surface area contributed by atoms with Gasteiger partial charge in [-0.1, -0.05) is 0 Å². The van der Waals surface area contributed by atoms with Crippen molar-refractivity contribution in [3.05, 3.63) is 0 Å². The van der Waals surface area contributed by atoms with Gasteiger partial charge in [-0.3, -0.25) is 14.4 Å². The quantitative estimate of drug-likeness (QED) is 0.373. The molecule has 1 aliphatic rings. The van der Waals surface area contributed by atoms with Crippen LogP contribution < -0.4 is 11.1 Å². The molecular weight excluding hydrogens is 382 g/mol. The van der Waals surface area contributed by atoms with Crippen molar-refractivity contribution in [1.29, 1.82) is 0 Å². The molecule has 1 saturated heterocycles. The molecule has 29 heavy (non-hydrogen) atoms. The molecule has 0 radical (unpaired) electrons. The summed E-state index contributed by atoms with van der Waals surface area (Å²) in [7, 11) is 0. The third-order valence-corrected chi connectivity index (χ3v) is 4.13. The molecule has 1 fully saturated rings. The van der Waals surface area contributed by atoms with Crippen molar-refractivity contribution in [1.82, 2.24) is 10.4 Å². The molecule has 3 amide bonds. The smallest absolute Gasteiger partial charge is 0.336 e. The Morgan fingerprint density at radius 1 is 0.966 bits per heavy atom. The van der Waals surface area contributed by atoms with Gasteiger partial charge in [0.1, 0.15) is 0 Å². The first-order valence-corrected chi connectivity index (χ1v) is 9.52. The minimum absolute atomic E-state index is 0.0195. The maximum atomic E-state index is 12.3. The number of carbonyl (C=O) groups is 4. The molecule has 10 nitrogen and oxygen atoms in total. The number of carbonyl (C=O) groups excluding carboxylic acids is 4. The second-order valence-corrected chi connectivity index (χ2v) is 8.95. The first-order valence-electron chi connectivity index (χ1n) is 9.52. The van der Waals surface area contributed by atoms with Gasteiger partial charge in [0.05, 0.1) is 42.9 Å². The average molecular weight is 415 g/mol. The molecular formula is C19H33N3O7. The summed E-state index contributed by atoms with van der Waals surface area (Å²) in [6.07, 6.45) is 0.0206. The van der Waals surface area contributed by atoms with Crippen LogP contribution in [0.3, 0.4) is 0 Å². The first kappa shape index (κ1) is 25.0. The van der Waals surface area contributed by atoms with Crippen LogP contribution >= 0.6 is 0 Å². The molecule has 0 aromatic heterocycles. The molecule has 0 unspecified atom stereocenters. The number of nitrogens with zero attached hydrogens (tertiary/aromatic N) is 1. The molecule has 0 aromatic rings. The van der Waals surface area contributed by atoms with Gasteiger partial charge in [0.2, 0.25) is 5.91 Å². The number of hydrogen-bond acceptors (Lipinski definition) is 8. The zero-order chi connectivity index (χ0) is 22.5. The highest BCUT2D eigenvalue weighted by Crippen LogP contribution is 2.21. The van der Waals surface area contributed by atoms with E-state index in [2.05, 4.69) is 5.32 Å². The molecule has 0 atom stereocenters. The van der Waals surface area contributed by atoms with Gasteiger partial charge < -0.3 is 25.4 Å². The van der Waals surface area contributed by atoms with Crippen LogP contribution in [0, 0.1) is 0 Å². The Hall–Kier alpha value is -2.04. The number of imide groups is 1. The van der Waals surface area contributed by atoms with Crippen molar-refractivity contribution in [2.45, 2.75) is 84.0 Å². The van der Waals surface area contributed by atoms with Gasteiger partial charge >= 0.3 is 5.97 Å². The second-order valence-electron chi connectivity index (χ2n) is 8.95. The number of nitrogens with one attached hydrogen (secondary N) is 1. The lowest BCUT2D eigenvalue weighted by atomic mass is 10.0. The average Bonchev–Trinajstić information content (AvgIpc) is 2.83. The zero-order valence-corrected chi connectivity index (χ0v) is 18.1. The monoisotopic (exact) mass is 415 g/mol. The minimum atomic E-state index is -0.938. The van der Waals surface area contributed by atoms with E-state index >= 15 is 0 Å². The molecule has 0 saturated carbocycles. The number of amides is 3. The Morgan fingerprint density at radius 3 is 2.00 bits per heavy atom.